The van der Waals surface area contributed by atoms with Crippen LogP contribution in [0.5, 0.6) is 5.75 Å². The highest BCUT2D eigenvalue weighted by Gasteiger charge is 2.24. The first-order valence-electron chi connectivity index (χ1n) is 5.74. The second-order valence-corrected chi connectivity index (χ2v) is 4.35. The van der Waals surface area contributed by atoms with Crippen LogP contribution >= 0.6 is 0 Å². The van der Waals surface area contributed by atoms with Crippen LogP contribution in [0.2, 0.25) is 0 Å². The number of fused-ring (bicyclic) bond motifs is 1. The predicted octanol–water partition coefficient (Wildman–Crippen LogP) is 2.07. The number of benzene rings is 1. The molecule has 0 atom stereocenters. The summed E-state index contributed by atoms with van der Waals surface area (Å²) in [5.74, 6) is 0.745. The summed E-state index contributed by atoms with van der Waals surface area (Å²) in [5.41, 5.74) is 1.52. The molecule has 0 saturated heterocycles. The molecule has 0 aliphatic heterocycles. The second kappa shape index (κ2) is 3.80. The average molecular weight is 230 g/mol. The first-order chi connectivity index (χ1) is 8.28. The van der Waals surface area contributed by atoms with Gasteiger partial charge in [0.25, 0.3) is 5.91 Å². The molecule has 2 N–H and O–H groups in total. The molecule has 4 nitrogen and oxygen atoms in total. The van der Waals surface area contributed by atoms with Gasteiger partial charge in [-0.25, -0.2) is 0 Å². The van der Waals surface area contributed by atoms with E-state index in [0.717, 1.165) is 29.5 Å². The number of amides is 1. The molecule has 0 unspecified atom stereocenters. The van der Waals surface area contributed by atoms with Gasteiger partial charge in [-0.15, -0.1) is 0 Å². The second-order valence-electron chi connectivity index (χ2n) is 4.35. The van der Waals surface area contributed by atoms with Crippen molar-refractivity contribution in [1.29, 1.82) is 0 Å². The van der Waals surface area contributed by atoms with Crippen LogP contribution in [0.1, 0.15) is 23.3 Å². The minimum atomic E-state index is -0.0363. The minimum Gasteiger partial charge on any atom is -0.496 e. The molecule has 0 spiro atoms. The number of methoxy groups -OCH3 is 1. The number of aromatic nitrogens is 1. The number of ether oxygens (including phenoxy) is 1. The van der Waals surface area contributed by atoms with Crippen molar-refractivity contribution in [3.8, 4) is 5.75 Å². The smallest absolute Gasteiger partial charge is 0.267 e. The van der Waals surface area contributed by atoms with E-state index in [4.69, 9.17) is 4.74 Å². The van der Waals surface area contributed by atoms with Gasteiger partial charge in [-0.05, 0) is 31.0 Å². The van der Waals surface area contributed by atoms with Crippen LogP contribution in [0.4, 0.5) is 0 Å². The first-order valence-corrected chi connectivity index (χ1v) is 5.74. The summed E-state index contributed by atoms with van der Waals surface area (Å²) in [5, 5.41) is 3.90. The molecule has 1 fully saturated rings. The van der Waals surface area contributed by atoms with E-state index in [1.54, 1.807) is 7.11 Å². The lowest BCUT2D eigenvalue weighted by atomic mass is 10.2. The Labute approximate surface area is 99.0 Å². The average Bonchev–Trinajstić information content (AvgIpc) is 3.04. The molecule has 1 aromatic carbocycles. The number of rotatable bonds is 3. The van der Waals surface area contributed by atoms with Crippen LogP contribution in [0.25, 0.3) is 10.9 Å². The number of aromatic amines is 1. The molecule has 1 amide bonds. The Morgan fingerprint density at radius 2 is 2.29 bits per heavy atom. The van der Waals surface area contributed by atoms with Crippen LogP contribution in [0.3, 0.4) is 0 Å². The molecular weight excluding hydrogens is 216 g/mol. The third-order valence-electron chi connectivity index (χ3n) is 3.00. The lowest BCUT2D eigenvalue weighted by Crippen LogP contribution is -2.25. The molecule has 3 rings (SSSR count). The van der Waals surface area contributed by atoms with E-state index < -0.39 is 0 Å². The Balaban J connectivity index is 1.97. The molecule has 88 valence electrons. The van der Waals surface area contributed by atoms with Crippen LogP contribution in [0, 0.1) is 0 Å². The van der Waals surface area contributed by atoms with Crippen molar-refractivity contribution in [3.05, 3.63) is 30.0 Å². The minimum absolute atomic E-state index is 0.0363. The SMILES string of the molecule is COc1cccc2[nH]c(C(=O)NC3CC3)cc12. The van der Waals surface area contributed by atoms with Gasteiger partial charge in [-0.1, -0.05) is 6.07 Å². The van der Waals surface area contributed by atoms with E-state index >= 15 is 0 Å². The van der Waals surface area contributed by atoms with Crippen molar-refractivity contribution in [1.82, 2.24) is 10.3 Å². The van der Waals surface area contributed by atoms with Gasteiger partial charge < -0.3 is 15.0 Å². The Hall–Kier alpha value is -1.97. The number of hydrogen-bond acceptors (Lipinski definition) is 2. The maximum absolute atomic E-state index is 11.9. The Morgan fingerprint density at radius 1 is 1.47 bits per heavy atom. The van der Waals surface area contributed by atoms with Gasteiger partial charge in [-0.2, -0.15) is 0 Å². The highest BCUT2D eigenvalue weighted by Crippen LogP contribution is 2.26. The van der Waals surface area contributed by atoms with Gasteiger partial charge >= 0.3 is 0 Å². The fourth-order valence-electron chi connectivity index (χ4n) is 1.92. The molecule has 1 heterocycles. The fourth-order valence-corrected chi connectivity index (χ4v) is 1.92. The Morgan fingerprint density at radius 3 is 3.00 bits per heavy atom. The van der Waals surface area contributed by atoms with Crippen molar-refractivity contribution in [2.45, 2.75) is 18.9 Å². The standard InChI is InChI=1S/C13H14N2O2/c1-17-12-4-2-3-10-9(12)7-11(15-10)13(16)14-8-5-6-8/h2-4,7-8,15H,5-6H2,1H3,(H,14,16). The van der Waals surface area contributed by atoms with E-state index in [2.05, 4.69) is 10.3 Å². The fraction of sp³-hybridized carbons (Fsp3) is 0.308. The van der Waals surface area contributed by atoms with E-state index in [-0.39, 0.29) is 5.91 Å². The largest absolute Gasteiger partial charge is 0.496 e. The Bertz CT molecular complexity index is 570. The summed E-state index contributed by atoms with van der Waals surface area (Å²) in [7, 11) is 1.63. The van der Waals surface area contributed by atoms with Crippen LogP contribution < -0.4 is 10.1 Å². The summed E-state index contributed by atoms with van der Waals surface area (Å²) in [6, 6.07) is 7.94. The maximum Gasteiger partial charge on any atom is 0.267 e. The van der Waals surface area contributed by atoms with Crippen molar-refractivity contribution < 1.29 is 9.53 Å². The number of hydrogen-bond donors (Lipinski definition) is 2. The van der Waals surface area contributed by atoms with Gasteiger partial charge in [-0.3, -0.25) is 4.79 Å². The van der Waals surface area contributed by atoms with Crippen molar-refractivity contribution in [2.75, 3.05) is 7.11 Å². The molecule has 0 radical (unpaired) electrons. The van der Waals surface area contributed by atoms with Gasteiger partial charge in [0.1, 0.15) is 11.4 Å². The maximum atomic E-state index is 11.9. The third kappa shape index (κ3) is 1.86. The van der Waals surface area contributed by atoms with Gasteiger partial charge in [0.2, 0.25) is 0 Å². The topological polar surface area (TPSA) is 54.1 Å². The van der Waals surface area contributed by atoms with E-state index in [1.807, 2.05) is 24.3 Å². The quantitative estimate of drug-likeness (QED) is 0.848. The van der Waals surface area contributed by atoms with E-state index in [9.17, 15) is 4.79 Å². The van der Waals surface area contributed by atoms with Gasteiger partial charge in [0.05, 0.1) is 7.11 Å². The van der Waals surface area contributed by atoms with Crippen molar-refractivity contribution in [2.24, 2.45) is 0 Å². The Kier molecular flexibility index (Phi) is 2.28. The zero-order valence-corrected chi connectivity index (χ0v) is 9.62. The van der Waals surface area contributed by atoms with Crippen molar-refractivity contribution in [3.63, 3.8) is 0 Å². The van der Waals surface area contributed by atoms with Crippen molar-refractivity contribution >= 4 is 16.8 Å². The van der Waals surface area contributed by atoms with E-state index in [1.165, 1.54) is 0 Å². The summed E-state index contributed by atoms with van der Waals surface area (Å²) in [6.07, 6.45) is 2.19. The predicted molar refractivity (Wildman–Crippen MR) is 65.3 cm³/mol. The summed E-state index contributed by atoms with van der Waals surface area (Å²) < 4.78 is 5.26. The lowest BCUT2D eigenvalue weighted by Gasteiger charge is -1.99. The third-order valence-corrected chi connectivity index (χ3v) is 3.00. The molecule has 1 saturated carbocycles. The van der Waals surface area contributed by atoms with Crippen LogP contribution in [-0.2, 0) is 0 Å². The molecule has 17 heavy (non-hydrogen) atoms. The van der Waals surface area contributed by atoms with Crippen LogP contribution in [-0.4, -0.2) is 24.0 Å². The highest BCUT2D eigenvalue weighted by molar-refractivity contribution is 5.99. The van der Waals surface area contributed by atoms with Gasteiger partial charge in [0, 0.05) is 16.9 Å². The molecular formula is C13H14N2O2. The molecule has 1 aliphatic rings. The number of carbonyl (C=O) groups is 1. The summed E-state index contributed by atoms with van der Waals surface area (Å²) in [4.78, 5) is 15.0. The normalized spacial score (nSPS) is 14.9. The number of nitrogens with one attached hydrogen (secondary N) is 2. The number of carbonyl (C=O) groups excluding carboxylic acids is 1. The lowest BCUT2D eigenvalue weighted by molar-refractivity contribution is 0.0947. The molecule has 1 aliphatic carbocycles. The van der Waals surface area contributed by atoms with Gasteiger partial charge in [0.15, 0.2) is 0 Å². The van der Waals surface area contributed by atoms with Crippen LogP contribution in [0.15, 0.2) is 24.3 Å². The number of H-pyrrole nitrogens is 1. The monoisotopic (exact) mass is 230 g/mol. The van der Waals surface area contributed by atoms with E-state index in [0.29, 0.717) is 11.7 Å². The summed E-state index contributed by atoms with van der Waals surface area (Å²) >= 11 is 0. The molecule has 2 aromatic rings. The first kappa shape index (κ1) is 10.2. The molecule has 4 heteroatoms. The highest BCUT2D eigenvalue weighted by atomic mass is 16.5. The zero-order chi connectivity index (χ0) is 11.8. The molecule has 1 aromatic heterocycles. The summed E-state index contributed by atoms with van der Waals surface area (Å²) in [6.45, 7) is 0. The molecule has 0 bridgehead atoms. The zero-order valence-electron chi connectivity index (χ0n) is 9.62.